The standard InChI is InChI=1S/C23H21N7O/c1-2-8-18(28-21-19-20(25-13-24-19)26-14-27-21)22-29-17-12-7-6-11-16(17)23(31)30(22)15-9-4-3-5-10-15/h3-7,9-14,18H,2,8H2,1H3,(H2,24,25,26,27,28). The van der Waals surface area contributed by atoms with Gasteiger partial charge >= 0.3 is 0 Å². The Morgan fingerprint density at radius 3 is 2.68 bits per heavy atom. The van der Waals surface area contributed by atoms with Gasteiger partial charge in [0.05, 0.1) is 29.0 Å². The number of aromatic nitrogens is 6. The molecule has 0 radical (unpaired) electrons. The summed E-state index contributed by atoms with van der Waals surface area (Å²) in [4.78, 5) is 34.3. The number of fused-ring (bicyclic) bond motifs is 2. The van der Waals surface area contributed by atoms with Gasteiger partial charge in [-0.05, 0) is 30.7 Å². The zero-order valence-corrected chi connectivity index (χ0v) is 17.0. The molecular formula is C23H21N7O. The zero-order chi connectivity index (χ0) is 21.2. The molecule has 0 saturated carbocycles. The van der Waals surface area contributed by atoms with Crippen molar-refractivity contribution in [2.45, 2.75) is 25.8 Å². The van der Waals surface area contributed by atoms with Crippen molar-refractivity contribution in [2.75, 3.05) is 5.32 Å². The predicted octanol–water partition coefficient (Wildman–Crippen LogP) is 4.01. The van der Waals surface area contributed by atoms with Gasteiger partial charge in [0.15, 0.2) is 11.5 Å². The van der Waals surface area contributed by atoms with Crippen LogP contribution < -0.4 is 10.9 Å². The fourth-order valence-electron chi connectivity index (χ4n) is 3.80. The summed E-state index contributed by atoms with van der Waals surface area (Å²) in [5.41, 5.74) is 2.66. The highest BCUT2D eigenvalue weighted by molar-refractivity contribution is 5.82. The van der Waals surface area contributed by atoms with Crippen molar-refractivity contribution in [3.8, 4) is 5.69 Å². The maximum atomic E-state index is 13.5. The van der Waals surface area contributed by atoms with Crippen molar-refractivity contribution >= 4 is 27.9 Å². The van der Waals surface area contributed by atoms with E-state index < -0.39 is 0 Å². The molecular weight excluding hydrogens is 390 g/mol. The average molecular weight is 411 g/mol. The molecule has 0 saturated heterocycles. The second-order valence-electron chi connectivity index (χ2n) is 7.27. The summed E-state index contributed by atoms with van der Waals surface area (Å²) in [5, 5.41) is 4.07. The quantitative estimate of drug-likeness (QED) is 0.438. The Morgan fingerprint density at radius 2 is 1.84 bits per heavy atom. The molecule has 0 spiro atoms. The molecule has 0 bridgehead atoms. The molecule has 2 aromatic carbocycles. The fourth-order valence-corrected chi connectivity index (χ4v) is 3.80. The van der Waals surface area contributed by atoms with E-state index in [9.17, 15) is 4.79 Å². The lowest BCUT2D eigenvalue weighted by Crippen LogP contribution is -2.28. The smallest absolute Gasteiger partial charge is 0.266 e. The van der Waals surface area contributed by atoms with Crippen LogP contribution in [0.1, 0.15) is 31.6 Å². The van der Waals surface area contributed by atoms with E-state index in [1.165, 1.54) is 6.33 Å². The van der Waals surface area contributed by atoms with Crippen LogP contribution in [-0.4, -0.2) is 29.5 Å². The number of H-pyrrole nitrogens is 1. The molecule has 2 N–H and O–H groups in total. The molecule has 0 aliphatic heterocycles. The molecule has 154 valence electrons. The van der Waals surface area contributed by atoms with Crippen molar-refractivity contribution in [3.05, 3.63) is 83.4 Å². The van der Waals surface area contributed by atoms with Crippen LogP contribution in [0.5, 0.6) is 0 Å². The third kappa shape index (κ3) is 3.42. The topological polar surface area (TPSA) is 101 Å². The van der Waals surface area contributed by atoms with E-state index in [1.807, 2.05) is 54.6 Å². The Labute approximate surface area is 178 Å². The molecule has 5 rings (SSSR count). The van der Waals surface area contributed by atoms with Gasteiger partial charge in [-0.25, -0.2) is 19.9 Å². The monoisotopic (exact) mass is 411 g/mol. The van der Waals surface area contributed by atoms with Gasteiger partial charge in [0.2, 0.25) is 0 Å². The molecule has 0 aliphatic rings. The van der Waals surface area contributed by atoms with Gasteiger partial charge in [-0.1, -0.05) is 43.7 Å². The highest BCUT2D eigenvalue weighted by atomic mass is 16.1. The minimum Gasteiger partial charge on any atom is -0.358 e. The number of rotatable bonds is 6. The van der Waals surface area contributed by atoms with Gasteiger partial charge in [-0.3, -0.25) is 9.36 Å². The number of hydrogen-bond acceptors (Lipinski definition) is 6. The number of anilines is 1. The van der Waals surface area contributed by atoms with Gasteiger partial charge in [-0.15, -0.1) is 0 Å². The second-order valence-corrected chi connectivity index (χ2v) is 7.27. The first-order valence-corrected chi connectivity index (χ1v) is 10.2. The van der Waals surface area contributed by atoms with Crippen molar-refractivity contribution in [2.24, 2.45) is 0 Å². The van der Waals surface area contributed by atoms with Crippen LogP contribution in [-0.2, 0) is 0 Å². The highest BCUT2D eigenvalue weighted by Gasteiger charge is 2.22. The zero-order valence-electron chi connectivity index (χ0n) is 17.0. The van der Waals surface area contributed by atoms with E-state index >= 15 is 0 Å². The summed E-state index contributed by atoms with van der Waals surface area (Å²) >= 11 is 0. The molecule has 8 nitrogen and oxygen atoms in total. The highest BCUT2D eigenvalue weighted by Crippen LogP contribution is 2.26. The molecule has 0 aliphatic carbocycles. The summed E-state index contributed by atoms with van der Waals surface area (Å²) in [7, 11) is 0. The maximum absolute atomic E-state index is 13.5. The van der Waals surface area contributed by atoms with E-state index in [4.69, 9.17) is 4.98 Å². The molecule has 3 aromatic heterocycles. The molecule has 3 heterocycles. The van der Waals surface area contributed by atoms with Gasteiger partial charge in [-0.2, -0.15) is 0 Å². The molecule has 1 unspecified atom stereocenters. The van der Waals surface area contributed by atoms with Gasteiger partial charge in [0, 0.05) is 0 Å². The van der Waals surface area contributed by atoms with Crippen molar-refractivity contribution < 1.29 is 0 Å². The van der Waals surface area contributed by atoms with Crippen molar-refractivity contribution in [3.63, 3.8) is 0 Å². The largest absolute Gasteiger partial charge is 0.358 e. The SMILES string of the molecule is CCCC(Nc1ncnc2nc[nH]c12)c1nc2ccccc2c(=O)n1-c1ccccc1. The molecule has 1 atom stereocenters. The Morgan fingerprint density at radius 1 is 1.03 bits per heavy atom. The van der Waals surface area contributed by atoms with E-state index in [0.29, 0.717) is 28.2 Å². The van der Waals surface area contributed by atoms with Crippen molar-refractivity contribution in [1.82, 2.24) is 29.5 Å². The van der Waals surface area contributed by atoms with Crippen molar-refractivity contribution in [1.29, 1.82) is 0 Å². The first kappa shape index (κ1) is 18.9. The normalized spacial score (nSPS) is 12.3. The third-order valence-electron chi connectivity index (χ3n) is 5.24. The predicted molar refractivity (Wildman–Crippen MR) is 120 cm³/mol. The van der Waals surface area contributed by atoms with Crippen LogP contribution in [0.15, 0.2) is 72.0 Å². The number of nitrogens with zero attached hydrogens (tertiary/aromatic N) is 5. The van der Waals surface area contributed by atoms with Crippen LogP contribution in [0, 0.1) is 0 Å². The number of nitrogens with one attached hydrogen (secondary N) is 2. The summed E-state index contributed by atoms with van der Waals surface area (Å²) in [6, 6.07) is 16.8. The second kappa shape index (κ2) is 7.98. The third-order valence-corrected chi connectivity index (χ3v) is 5.24. The Kier molecular flexibility index (Phi) is 4.87. The van der Waals surface area contributed by atoms with Crippen LogP contribution in [0.4, 0.5) is 5.82 Å². The molecule has 0 fully saturated rings. The first-order valence-electron chi connectivity index (χ1n) is 10.2. The average Bonchev–Trinajstić information content (AvgIpc) is 3.29. The lowest BCUT2D eigenvalue weighted by molar-refractivity contribution is 0.616. The lowest BCUT2D eigenvalue weighted by Gasteiger charge is -2.23. The summed E-state index contributed by atoms with van der Waals surface area (Å²) in [6.45, 7) is 2.10. The van der Waals surface area contributed by atoms with E-state index in [0.717, 1.165) is 24.0 Å². The number of para-hydroxylation sites is 2. The van der Waals surface area contributed by atoms with Crippen LogP contribution in [0.3, 0.4) is 0 Å². The summed E-state index contributed by atoms with van der Waals surface area (Å²) in [5.74, 6) is 1.27. The van der Waals surface area contributed by atoms with Gasteiger partial charge in [0.1, 0.15) is 17.7 Å². The van der Waals surface area contributed by atoms with Crippen LogP contribution >= 0.6 is 0 Å². The van der Waals surface area contributed by atoms with E-state index in [1.54, 1.807) is 10.9 Å². The van der Waals surface area contributed by atoms with Crippen LogP contribution in [0.2, 0.25) is 0 Å². The number of hydrogen-bond donors (Lipinski definition) is 2. The molecule has 31 heavy (non-hydrogen) atoms. The molecule has 8 heteroatoms. The molecule has 5 aromatic rings. The summed E-state index contributed by atoms with van der Waals surface area (Å²) < 4.78 is 1.70. The van der Waals surface area contributed by atoms with E-state index in [-0.39, 0.29) is 11.6 Å². The maximum Gasteiger partial charge on any atom is 0.266 e. The summed E-state index contributed by atoms with van der Waals surface area (Å²) in [6.07, 6.45) is 4.73. The molecule has 0 amide bonds. The Bertz CT molecular complexity index is 1410. The van der Waals surface area contributed by atoms with Gasteiger partial charge in [0.25, 0.3) is 5.56 Å². The fraction of sp³-hybridized carbons (Fsp3) is 0.174. The minimum atomic E-state index is -0.246. The number of benzene rings is 2. The Hall–Kier alpha value is -4.07. The van der Waals surface area contributed by atoms with E-state index in [2.05, 4.69) is 32.2 Å². The van der Waals surface area contributed by atoms with Crippen LogP contribution in [0.25, 0.3) is 27.8 Å². The number of imidazole rings is 1. The number of aromatic amines is 1. The van der Waals surface area contributed by atoms with Gasteiger partial charge < -0.3 is 10.3 Å². The lowest BCUT2D eigenvalue weighted by atomic mass is 10.1. The Balaban J connectivity index is 1.72. The first-order chi connectivity index (χ1) is 15.3. The minimum absolute atomic E-state index is 0.0934.